The topological polar surface area (TPSA) is 58.1 Å². The van der Waals surface area contributed by atoms with Gasteiger partial charge < -0.3 is 20.1 Å². The first-order valence-corrected chi connectivity index (χ1v) is 9.37. The van der Waals surface area contributed by atoms with Gasteiger partial charge in [0.2, 0.25) is 0 Å². The smallest absolute Gasteiger partial charge is 0.191 e. The minimum atomic E-state index is -0.0194. The van der Waals surface area contributed by atoms with Gasteiger partial charge in [-0.1, -0.05) is 19.1 Å². The first-order chi connectivity index (χ1) is 12.3. The van der Waals surface area contributed by atoms with Gasteiger partial charge in [-0.15, -0.1) is 0 Å². The van der Waals surface area contributed by atoms with Crippen molar-refractivity contribution in [2.45, 2.75) is 38.3 Å². The van der Waals surface area contributed by atoms with Crippen molar-refractivity contribution in [3.63, 3.8) is 0 Å². The van der Waals surface area contributed by atoms with Gasteiger partial charge in [-0.2, -0.15) is 0 Å². The largest absolute Gasteiger partial charge is 0.486 e. The first kappa shape index (κ1) is 17.9. The minimum Gasteiger partial charge on any atom is -0.486 e. The molecule has 0 radical (unpaired) electrons. The van der Waals surface area contributed by atoms with E-state index in [-0.39, 0.29) is 6.10 Å². The highest BCUT2D eigenvalue weighted by molar-refractivity contribution is 5.79. The molecule has 2 unspecified atom stereocenters. The molecule has 0 aliphatic carbocycles. The molecule has 2 atom stereocenters. The molecule has 6 heteroatoms. The monoisotopic (exact) mass is 346 g/mol. The summed E-state index contributed by atoms with van der Waals surface area (Å²) in [7, 11) is 1.81. The van der Waals surface area contributed by atoms with Crippen molar-refractivity contribution in [3.8, 4) is 11.5 Å². The van der Waals surface area contributed by atoms with E-state index in [0.29, 0.717) is 19.2 Å². The lowest BCUT2D eigenvalue weighted by Crippen LogP contribution is -2.49. The third-order valence-corrected chi connectivity index (χ3v) is 4.92. The summed E-state index contributed by atoms with van der Waals surface area (Å²) < 4.78 is 11.7. The number of benzene rings is 1. The molecule has 1 saturated heterocycles. The maximum absolute atomic E-state index is 5.98. The number of guanidine groups is 1. The predicted molar refractivity (Wildman–Crippen MR) is 101 cm³/mol. The lowest BCUT2D eigenvalue weighted by Gasteiger charge is -2.29. The molecular formula is C19H30N4O2. The maximum Gasteiger partial charge on any atom is 0.191 e. The van der Waals surface area contributed by atoms with Crippen LogP contribution in [0, 0.1) is 0 Å². The first-order valence-electron chi connectivity index (χ1n) is 9.37. The number of para-hydroxylation sites is 2. The summed E-state index contributed by atoms with van der Waals surface area (Å²) in [4.78, 5) is 6.91. The Hall–Kier alpha value is -1.95. The van der Waals surface area contributed by atoms with Crippen molar-refractivity contribution >= 4 is 5.96 Å². The molecule has 138 valence electrons. The highest BCUT2D eigenvalue weighted by Gasteiger charge is 2.22. The average Bonchev–Trinajstić information content (AvgIpc) is 3.19. The summed E-state index contributed by atoms with van der Waals surface area (Å²) >= 11 is 0. The Morgan fingerprint density at radius 1 is 1.24 bits per heavy atom. The lowest BCUT2D eigenvalue weighted by molar-refractivity contribution is 0.0936. The molecule has 25 heavy (non-hydrogen) atoms. The number of ether oxygens (including phenoxy) is 2. The fourth-order valence-electron chi connectivity index (χ4n) is 3.45. The van der Waals surface area contributed by atoms with E-state index in [2.05, 4.69) is 27.4 Å². The summed E-state index contributed by atoms with van der Waals surface area (Å²) in [6, 6.07) is 8.36. The second-order valence-corrected chi connectivity index (χ2v) is 6.64. The van der Waals surface area contributed by atoms with E-state index in [4.69, 9.17) is 9.47 Å². The van der Waals surface area contributed by atoms with Crippen LogP contribution in [-0.4, -0.2) is 62.8 Å². The summed E-state index contributed by atoms with van der Waals surface area (Å²) in [5, 5.41) is 6.81. The molecule has 2 N–H and O–H groups in total. The molecule has 1 fully saturated rings. The van der Waals surface area contributed by atoms with Crippen LogP contribution in [0.5, 0.6) is 11.5 Å². The third kappa shape index (κ3) is 4.78. The van der Waals surface area contributed by atoms with Crippen molar-refractivity contribution in [1.82, 2.24) is 15.5 Å². The van der Waals surface area contributed by atoms with Crippen molar-refractivity contribution in [1.29, 1.82) is 0 Å². The normalized spacial score (nSPS) is 21.8. The van der Waals surface area contributed by atoms with E-state index in [1.165, 1.54) is 25.9 Å². The van der Waals surface area contributed by atoms with E-state index < -0.39 is 0 Å². The Bertz CT molecular complexity index is 572. The molecule has 1 aromatic carbocycles. The van der Waals surface area contributed by atoms with Crippen LogP contribution in [0.15, 0.2) is 29.3 Å². The maximum atomic E-state index is 5.98. The molecule has 1 aromatic rings. The molecule has 3 rings (SSSR count). The van der Waals surface area contributed by atoms with Crippen LogP contribution >= 0.6 is 0 Å². The number of aliphatic imine (C=N–C) groups is 1. The number of rotatable bonds is 6. The van der Waals surface area contributed by atoms with Crippen LogP contribution in [0.25, 0.3) is 0 Å². The molecule has 0 spiro atoms. The standard InChI is InChI=1S/C19H30N4O2/c1-3-15(23-10-6-7-11-23)12-21-19(20-2)22-13-16-14-24-17-8-4-5-9-18(17)25-16/h4-5,8-9,15-16H,3,6-7,10-14H2,1-2H3,(H2,20,21,22). The Labute approximate surface area is 150 Å². The zero-order valence-electron chi connectivity index (χ0n) is 15.3. The second-order valence-electron chi connectivity index (χ2n) is 6.64. The van der Waals surface area contributed by atoms with Gasteiger partial charge in [0, 0.05) is 19.6 Å². The van der Waals surface area contributed by atoms with Crippen molar-refractivity contribution < 1.29 is 9.47 Å². The molecular weight excluding hydrogens is 316 g/mol. The van der Waals surface area contributed by atoms with Crippen LogP contribution < -0.4 is 20.1 Å². The highest BCUT2D eigenvalue weighted by atomic mass is 16.6. The Morgan fingerprint density at radius 2 is 2.00 bits per heavy atom. The molecule has 0 aromatic heterocycles. The van der Waals surface area contributed by atoms with Crippen LogP contribution in [-0.2, 0) is 0 Å². The van der Waals surface area contributed by atoms with Gasteiger partial charge in [-0.3, -0.25) is 9.89 Å². The van der Waals surface area contributed by atoms with E-state index in [1.54, 1.807) is 7.05 Å². The van der Waals surface area contributed by atoms with E-state index >= 15 is 0 Å². The molecule has 0 bridgehead atoms. The highest BCUT2D eigenvalue weighted by Crippen LogP contribution is 2.30. The predicted octanol–water partition coefficient (Wildman–Crippen LogP) is 1.87. The fourth-order valence-corrected chi connectivity index (χ4v) is 3.45. The van der Waals surface area contributed by atoms with Crippen LogP contribution in [0.2, 0.25) is 0 Å². The number of hydrogen-bond donors (Lipinski definition) is 2. The lowest BCUT2D eigenvalue weighted by atomic mass is 10.2. The van der Waals surface area contributed by atoms with Crippen LogP contribution in [0.3, 0.4) is 0 Å². The summed E-state index contributed by atoms with van der Waals surface area (Å²) in [6.07, 6.45) is 3.78. The SMILES string of the molecule is CCC(CNC(=NC)NCC1COc2ccccc2O1)N1CCCC1. The summed E-state index contributed by atoms with van der Waals surface area (Å²) in [5.74, 6) is 2.45. The number of nitrogens with zero attached hydrogens (tertiary/aromatic N) is 2. The number of nitrogens with one attached hydrogen (secondary N) is 2. The quantitative estimate of drug-likeness (QED) is 0.608. The van der Waals surface area contributed by atoms with Crippen molar-refractivity contribution in [2.75, 3.05) is 39.8 Å². The zero-order valence-corrected chi connectivity index (χ0v) is 15.3. The Kier molecular flexibility index (Phi) is 6.39. The second kappa shape index (κ2) is 8.94. The fraction of sp³-hybridized carbons (Fsp3) is 0.632. The van der Waals surface area contributed by atoms with E-state index in [1.807, 2.05) is 24.3 Å². The Balaban J connectivity index is 1.43. The molecule has 2 aliphatic rings. The zero-order chi connectivity index (χ0) is 17.5. The molecule has 6 nitrogen and oxygen atoms in total. The van der Waals surface area contributed by atoms with Gasteiger partial charge in [0.05, 0.1) is 6.54 Å². The van der Waals surface area contributed by atoms with E-state index in [0.717, 1.165) is 30.4 Å². The van der Waals surface area contributed by atoms with Crippen molar-refractivity contribution in [2.24, 2.45) is 4.99 Å². The Morgan fingerprint density at radius 3 is 2.72 bits per heavy atom. The molecule has 0 amide bonds. The van der Waals surface area contributed by atoms with Gasteiger partial charge >= 0.3 is 0 Å². The summed E-state index contributed by atoms with van der Waals surface area (Å²) in [5.41, 5.74) is 0. The van der Waals surface area contributed by atoms with Crippen molar-refractivity contribution in [3.05, 3.63) is 24.3 Å². The van der Waals surface area contributed by atoms with Gasteiger partial charge in [0.15, 0.2) is 17.5 Å². The van der Waals surface area contributed by atoms with Gasteiger partial charge in [0.25, 0.3) is 0 Å². The average molecular weight is 346 g/mol. The van der Waals surface area contributed by atoms with Crippen LogP contribution in [0.1, 0.15) is 26.2 Å². The summed E-state index contributed by atoms with van der Waals surface area (Å²) in [6.45, 7) is 6.82. The number of fused-ring (bicyclic) bond motifs is 1. The van der Waals surface area contributed by atoms with Gasteiger partial charge in [-0.25, -0.2) is 0 Å². The molecule has 2 aliphatic heterocycles. The minimum absolute atomic E-state index is 0.0194. The van der Waals surface area contributed by atoms with Crippen LogP contribution in [0.4, 0.5) is 0 Å². The molecule has 0 saturated carbocycles. The number of likely N-dealkylation sites (tertiary alicyclic amines) is 1. The van der Waals surface area contributed by atoms with E-state index in [9.17, 15) is 0 Å². The van der Waals surface area contributed by atoms with Gasteiger partial charge in [-0.05, 0) is 44.5 Å². The molecule has 2 heterocycles. The number of hydrogen-bond acceptors (Lipinski definition) is 4. The third-order valence-electron chi connectivity index (χ3n) is 4.92. The van der Waals surface area contributed by atoms with Gasteiger partial charge in [0.1, 0.15) is 12.7 Å².